The maximum Gasteiger partial charge on any atom is 0.291 e. The quantitative estimate of drug-likeness (QED) is 0.416. The Morgan fingerprint density at radius 3 is 2.60 bits per heavy atom. The van der Waals surface area contributed by atoms with Crippen LogP contribution in [-0.2, 0) is 0 Å². The second kappa shape index (κ2) is 9.75. The Morgan fingerprint density at radius 2 is 1.90 bits per heavy atom. The van der Waals surface area contributed by atoms with Crippen molar-refractivity contribution in [3.63, 3.8) is 0 Å². The lowest BCUT2D eigenvalue weighted by atomic mass is 10.2. The zero-order valence-electron chi connectivity index (χ0n) is 15.5. The molecule has 0 spiro atoms. The third-order valence-corrected chi connectivity index (χ3v) is 4.88. The molecule has 7 nitrogen and oxygen atoms in total. The molecule has 0 aliphatic rings. The van der Waals surface area contributed by atoms with Crippen LogP contribution in [0.4, 0.5) is 11.4 Å². The fourth-order valence-electron chi connectivity index (χ4n) is 2.48. The zero-order chi connectivity index (χ0) is 21.7. The molecule has 0 saturated carbocycles. The highest BCUT2D eigenvalue weighted by Crippen LogP contribution is 2.28. The summed E-state index contributed by atoms with van der Waals surface area (Å²) in [5.74, 6) is -0.242. The Labute approximate surface area is 190 Å². The van der Waals surface area contributed by atoms with E-state index in [9.17, 15) is 9.59 Å². The van der Waals surface area contributed by atoms with Crippen LogP contribution in [0, 0.1) is 0 Å². The highest BCUT2D eigenvalue weighted by molar-refractivity contribution is 9.10. The Kier molecular flexibility index (Phi) is 7.09. The van der Waals surface area contributed by atoms with Gasteiger partial charge in [0.15, 0.2) is 10.9 Å². The van der Waals surface area contributed by atoms with Gasteiger partial charge in [0.1, 0.15) is 5.75 Å². The van der Waals surface area contributed by atoms with E-state index in [4.69, 9.17) is 33.0 Å². The monoisotopic (exact) mass is 507 g/mol. The van der Waals surface area contributed by atoms with Gasteiger partial charge >= 0.3 is 0 Å². The number of nitrogens with one attached hydrogen (secondary N) is 3. The third-order valence-electron chi connectivity index (χ3n) is 3.85. The van der Waals surface area contributed by atoms with E-state index in [0.717, 1.165) is 0 Å². The van der Waals surface area contributed by atoms with Crippen LogP contribution in [0.15, 0.2) is 63.7 Å². The summed E-state index contributed by atoms with van der Waals surface area (Å²) in [7, 11) is 1.49. The number of furan rings is 1. The number of ether oxygens (including phenoxy) is 1. The van der Waals surface area contributed by atoms with Crippen molar-refractivity contribution in [2.24, 2.45) is 0 Å². The summed E-state index contributed by atoms with van der Waals surface area (Å²) in [6, 6.07) is 13.0. The van der Waals surface area contributed by atoms with Gasteiger partial charge in [-0.05, 0) is 60.7 Å². The lowest BCUT2D eigenvalue weighted by Crippen LogP contribution is -2.34. The van der Waals surface area contributed by atoms with Gasteiger partial charge in [0.05, 0.1) is 29.6 Å². The van der Waals surface area contributed by atoms with E-state index in [0.29, 0.717) is 26.6 Å². The molecule has 10 heteroatoms. The number of benzene rings is 2. The van der Waals surface area contributed by atoms with E-state index in [2.05, 4.69) is 31.9 Å². The molecule has 154 valence electrons. The summed E-state index contributed by atoms with van der Waals surface area (Å²) in [6.07, 6.45) is 1.41. The first-order valence-corrected chi connectivity index (χ1v) is 10.1. The molecular weight excluding hydrogens is 494 g/mol. The SMILES string of the molecule is COc1ccc(NC(=O)c2ccco2)cc1NC(=S)NC(=O)c1cc(Br)ccc1Cl. The fourth-order valence-corrected chi connectivity index (χ4v) is 3.25. The summed E-state index contributed by atoms with van der Waals surface area (Å²) in [6.45, 7) is 0. The number of amides is 2. The van der Waals surface area contributed by atoms with Crippen LogP contribution in [0.1, 0.15) is 20.9 Å². The van der Waals surface area contributed by atoms with Crippen LogP contribution < -0.4 is 20.7 Å². The van der Waals surface area contributed by atoms with Crippen molar-refractivity contribution >= 4 is 68.1 Å². The molecule has 1 heterocycles. The van der Waals surface area contributed by atoms with Crippen LogP contribution in [0.5, 0.6) is 5.75 Å². The number of anilines is 2. The number of thiocarbonyl (C=S) groups is 1. The number of carbonyl (C=O) groups excluding carboxylic acids is 2. The molecule has 3 N–H and O–H groups in total. The summed E-state index contributed by atoms with van der Waals surface area (Å²) in [5.41, 5.74) is 1.19. The van der Waals surface area contributed by atoms with E-state index in [-0.39, 0.29) is 16.4 Å². The molecule has 0 aliphatic carbocycles. The molecule has 2 amide bonds. The minimum Gasteiger partial charge on any atom is -0.495 e. The predicted octanol–water partition coefficient (Wildman–Crippen LogP) is 5.08. The van der Waals surface area contributed by atoms with E-state index in [1.807, 2.05) is 0 Å². The van der Waals surface area contributed by atoms with Crippen LogP contribution >= 0.6 is 39.7 Å². The maximum absolute atomic E-state index is 12.5. The predicted molar refractivity (Wildman–Crippen MR) is 122 cm³/mol. The number of halogens is 2. The van der Waals surface area contributed by atoms with Gasteiger partial charge in [0, 0.05) is 10.2 Å². The van der Waals surface area contributed by atoms with Gasteiger partial charge in [-0.2, -0.15) is 0 Å². The van der Waals surface area contributed by atoms with Gasteiger partial charge in [-0.1, -0.05) is 27.5 Å². The fraction of sp³-hybridized carbons (Fsp3) is 0.0500. The first kappa shape index (κ1) is 21.8. The molecule has 0 aliphatic heterocycles. The van der Waals surface area contributed by atoms with Crippen LogP contribution in [0.2, 0.25) is 5.02 Å². The summed E-state index contributed by atoms with van der Waals surface area (Å²) in [4.78, 5) is 24.6. The summed E-state index contributed by atoms with van der Waals surface area (Å²) >= 11 is 14.6. The molecule has 3 rings (SSSR count). The molecule has 0 unspecified atom stereocenters. The second-order valence-corrected chi connectivity index (χ2v) is 7.61. The van der Waals surface area contributed by atoms with Crippen molar-refractivity contribution < 1.29 is 18.7 Å². The molecule has 0 bridgehead atoms. The summed E-state index contributed by atoms with van der Waals surface area (Å²) < 4.78 is 11.1. The molecule has 0 fully saturated rings. The first-order chi connectivity index (χ1) is 14.4. The van der Waals surface area contributed by atoms with Gasteiger partial charge in [-0.25, -0.2) is 0 Å². The van der Waals surface area contributed by atoms with Crippen molar-refractivity contribution in [3.05, 3.63) is 75.6 Å². The summed E-state index contributed by atoms with van der Waals surface area (Å²) in [5, 5.41) is 8.48. The molecule has 1 aromatic heterocycles. The van der Waals surface area contributed by atoms with Crippen molar-refractivity contribution in [1.29, 1.82) is 0 Å². The Hall–Kier alpha value is -2.88. The van der Waals surface area contributed by atoms with Gasteiger partial charge < -0.3 is 19.8 Å². The number of methoxy groups -OCH3 is 1. The molecule has 3 aromatic rings. The van der Waals surface area contributed by atoms with Crippen LogP contribution in [0.25, 0.3) is 0 Å². The Morgan fingerprint density at radius 1 is 1.10 bits per heavy atom. The minimum atomic E-state index is -0.472. The molecular formula is C20H15BrClN3O4S. The van der Waals surface area contributed by atoms with Crippen molar-refractivity contribution in [2.75, 3.05) is 17.7 Å². The van der Waals surface area contributed by atoms with E-state index < -0.39 is 11.8 Å². The van der Waals surface area contributed by atoms with Gasteiger partial charge in [0.25, 0.3) is 11.8 Å². The smallest absolute Gasteiger partial charge is 0.291 e. The number of rotatable bonds is 5. The second-order valence-electron chi connectivity index (χ2n) is 5.88. The van der Waals surface area contributed by atoms with E-state index >= 15 is 0 Å². The molecule has 0 atom stereocenters. The van der Waals surface area contributed by atoms with Gasteiger partial charge in [-0.15, -0.1) is 0 Å². The number of hydrogen-bond acceptors (Lipinski definition) is 5. The maximum atomic E-state index is 12.5. The highest BCUT2D eigenvalue weighted by Gasteiger charge is 2.15. The van der Waals surface area contributed by atoms with Crippen LogP contribution in [-0.4, -0.2) is 24.0 Å². The molecule has 0 radical (unpaired) electrons. The standard InChI is InChI=1S/C20H15BrClN3O4S/c1-28-16-7-5-12(23-19(27)17-3-2-8-29-17)10-15(16)24-20(30)25-18(26)13-9-11(21)4-6-14(13)22/h2-10H,1H3,(H,23,27)(H2,24,25,26,30). The van der Waals surface area contributed by atoms with E-state index in [1.165, 1.54) is 13.4 Å². The first-order valence-electron chi connectivity index (χ1n) is 8.47. The van der Waals surface area contributed by atoms with Crippen molar-refractivity contribution in [2.45, 2.75) is 0 Å². The normalized spacial score (nSPS) is 10.2. The van der Waals surface area contributed by atoms with Gasteiger partial charge in [0.2, 0.25) is 0 Å². The largest absolute Gasteiger partial charge is 0.495 e. The number of hydrogen-bond donors (Lipinski definition) is 3. The minimum absolute atomic E-state index is 0.0313. The average molecular weight is 509 g/mol. The Balaban J connectivity index is 1.72. The lowest BCUT2D eigenvalue weighted by molar-refractivity contribution is 0.0975. The van der Waals surface area contributed by atoms with Crippen molar-refractivity contribution in [3.8, 4) is 5.75 Å². The zero-order valence-corrected chi connectivity index (χ0v) is 18.7. The average Bonchev–Trinajstić information content (AvgIpc) is 3.25. The lowest BCUT2D eigenvalue weighted by Gasteiger charge is -2.15. The van der Waals surface area contributed by atoms with Crippen molar-refractivity contribution in [1.82, 2.24) is 5.32 Å². The Bertz CT molecular complexity index is 1110. The highest BCUT2D eigenvalue weighted by atomic mass is 79.9. The molecule has 0 saturated heterocycles. The van der Waals surface area contributed by atoms with Gasteiger partial charge in [-0.3, -0.25) is 14.9 Å². The van der Waals surface area contributed by atoms with E-state index in [1.54, 1.807) is 48.5 Å². The topological polar surface area (TPSA) is 92.6 Å². The van der Waals surface area contributed by atoms with Crippen LogP contribution in [0.3, 0.4) is 0 Å². The third kappa shape index (κ3) is 5.38. The molecule has 30 heavy (non-hydrogen) atoms. The molecule has 2 aromatic carbocycles. The number of carbonyl (C=O) groups is 2.